The van der Waals surface area contributed by atoms with Gasteiger partial charge in [-0.25, -0.2) is 0 Å². The number of nitrogens with one attached hydrogen (secondary N) is 2. The summed E-state index contributed by atoms with van der Waals surface area (Å²) in [6, 6.07) is 8.01. The molecule has 23 heavy (non-hydrogen) atoms. The molecule has 1 aliphatic heterocycles. The standard InChI is InChI=1S/C18H26N2O3/c1-18(2,9-8-17(21)22-3)10-11-23-16-7-5-4-6-14(16)15-12-19-13-20-15/h4-7,12,19-20H,8-11,13H2,1-3H3. The number of ether oxygens (including phenoxy) is 2. The van der Waals surface area contributed by atoms with E-state index in [0.29, 0.717) is 13.0 Å². The molecule has 0 radical (unpaired) electrons. The van der Waals surface area contributed by atoms with Gasteiger partial charge in [0.05, 0.1) is 26.1 Å². The Bertz CT molecular complexity index is 567. The monoisotopic (exact) mass is 318 g/mol. The largest absolute Gasteiger partial charge is 0.493 e. The Morgan fingerprint density at radius 2 is 2.04 bits per heavy atom. The van der Waals surface area contributed by atoms with Crippen molar-refractivity contribution in [3.8, 4) is 5.75 Å². The number of para-hydroxylation sites is 1. The third kappa shape index (κ3) is 5.20. The normalized spacial score (nSPS) is 13.8. The SMILES string of the molecule is COC(=O)CCC(C)(C)CCOc1ccccc1C1=CNCN1. The summed E-state index contributed by atoms with van der Waals surface area (Å²) in [6.45, 7) is 5.66. The van der Waals surface area contributed by atoms with E-state index in [9.17, 15) is 4.79 Å². The fourth-order valence-corrected chi connectivity index (χ4v) is 2.44. The van der Waals surface area contributed by atoms with Crippen LogP contribution in [0.5, 0.6) is 5.75 Å². The third-order valence-corrected chi connectivity index (χ3v) is 4.07. The van der Waals surface area contributed by atoms with Crippen LogP contribution in [0.15, 0.2) is 30.5 Å². The number of hydrogen-bond acceptors (Lipinski definition) is 5. The minimum atomic E-state index is -0.156. The number of esters is 1. The molecule has 1 aromatic carbocycles. The van der Waals surface area contributed by atoms with E-state index in [1.807, 2.05) is 30.5 Å². The molecule has 0 unspecified atom stereocenters. The summed E-state index contributed by atoms with van der Waals surface area (Å²) < 4.78 is 10.7. The van der Waals surface area contributed by atoms with E-state index in [2.05, 4.69) is 24.5 Å². The molecule has 0 aliphatic carbocycles. The van der Waals surface area contributed by atoms with Crippen LogP contribution in [0.25, 0.3) is 5.70 Å². The van der Waals surface area contributed by atoms with Gasteiger partial charge in [0, 0.05) is 18.2 Å². The van der Waals surface area contributed by atoms with Crippen molar-refractivity contribution in [2.45, 2.75) is 33.1 Å². The number of hydrogen-bond donors (Lipinski definition) is 2. The Hall–Kier alpha value is -2.17. The molecule has 126 valence electrons. The van der Waals surface area contributed by atoms with Crippen molar-refractivity contribution in [1.82, 2.24) is 10.6 Å². The topological polar surface area (TPSA) is 59.6 Å². The number of carbonyl (C=O) groups excluding carboxylic acids is 1. The van der Waals surface area contributed by atoms with Gasteiger partial charge in [0.1, 0.15) is 5.75 Å². The van der Waals surface area contributed by atoms with Gasteiger partial charge in [-0.3, -0.25) is 4.79 Å². The molecule has 1 aromatic rings. The molecule has 0 spiro atoms. The summed E-state index contributed by atoms with van der Waals surface area (Å²) in [6.07, 6.45) is 4.08. The summed E-state index contributed by atoms with van der Waals surface area (Å²) in [7, 11) is 1.43. The molecule has 0 amide bonds. The maximum atomic E-state index is 11.3. The quantitative estimate of drug-likeness (QED) is 0.722. The zero-order chi connectivity index (χ0) is 16.7. The van der Waals surface area contributed by atoms with E-state index >= 15 is 0 Å². The van der Waals surface area contributed by atoms with Crippen LogP contribution in [0.3, 0.4) is 0 Å². The molecule has 0 saturated carbocycles. The maximum absolute atomic E-state index is 11.3. The lowest BCUT2D eigenvalue weighted by Gasteiger charge is -2.24. The van der Waals surface area contributed by atoms with Gasteiger partial charge >= 0.3 is 5.97 Å². The second-order valence-corrected chi connectivity index (χ2v) is 6.45. The first kappa shape index (κ1) is 17.2. The minimum absolute atomic E-state index is 0.0373. The molecule has 2 rings (SSSR count). The number of carbonyl (C=O) groups is 1. The highest BCUT2D eigenvalue weighted by Crippen LogP contribution is 2.29. The predicted octanol–water partition coefficient (Wildman–Crippen LogP) is 2.88. The van der Waals surface area contributed by atoms with E-state index < -0.39 is 0 Å². The highest BCUT2D eigenvalue weighted by Gasteiger charge is 2.20. The van der Waals surface area contributed by atoms with Gasteiger partial charge in [-0.15, -0.1) is 0 Å². The lowest BCUT2D eigenvalue weighted by atomic mass is 9.85. The zero-order valence-electron chi connectivity index (χ0n) is 14.1. The van der Waals surface area contributed by atoms with Crippen LogP contribution >= 0.6 is 0 Å². The average Bonchev–Trinajstić information content (AvgIpc) is 3.07. The summed E-state index contributed by atoms with van der Waals surface area (Å²) in [5.74, 6) is 0.717. The molecular formula is C18H26N2O3. The zero-order valence-corrected chi connectivity index (χ0v) is 14.1. The van der Waals surface area contributed by atoms with E-state index in [1.165, 1.54) is 7.11 Å². The van der Waals surface area contributed by atoms with Crippen LogP contribution in [-0.4, -0.2) is 26.4 Å². The van der Waals surface area contributed by atoms with Gasteiger partial charge < -0.3 is 20.1 Å². The molecule has 1 aliphatic rings. The van der Waals surface area contributed by atoms with Crippen molar-refractivity contribution in [3.05, 3.63) is 36.0 Å². The molecule has 5 heteroatoms. The van der Waals surface area contributed by atoms with Crippen molar-refractivity contribution in [2.75, 3.05) is 20.4 Å². The summed E-state index contributed by atoms with van der Waals surface area (Å²) in [5.41, 5.74) is 2.14. The molecule has 1 heterocycles. The Morgan fingerprint density at radius 3 is 2.74 bits per heavy atom. The number of rotatable bonds is 8. The summed E-state index contributed by atoms with van der Waals surface area (Å²) in [5, 5.41) is 6.42. The predicted molar refractivity (Wildman–Crippen MR) is 90.7 cm³/mol. The van der Waals surface area contributed by atoms with Gasteiger partial charge in [-0.05, 0) is 30.4 Å². The van der Waals surface area contributed by atoms with Crippen molar-refractivity contribution in [2.24, 2.45) is 5.41 Å². The van der Waals surface area contributed by atoms with Crippen LogP contribution in [0.4, 0.5) is 0 Å². The van der Waals surface area contributed by atoms with Crippen molar-refractivity contribution < 1.29 is 14.3 Å². The first-order chi connectivity index (χ1) is 11.0. The number of benzene rings is 1. The molecule has 0 atom stereocenters. The van der Waals surface area contributed by atoms with Crippen molar-refractivity contribution >= 4 is 11.7 Å². The molecule has 2 N–H and O–H groups in total. The van der Waals surface area contributed by atoms with Crippen LogP contribution in [0.1, 0.15) is 38.7 Å². The first-order valence-electron chi connectivity index (χ1n) is 7.98. The minimum Gasteiger partial charge on any atom is -0.493 e. The van der Waals surface area contributed by atoms with Crippen LogP contribution < -0.4 is 15.4 Å². The lowest BCUT2D eigenvalue weighted by Crippen LogP contribution is -2.18. The second kappa shape index (κ2) is 7.90. The van der Waals surface area contributed by atoms with Gasteiger partial charge in [-0.1, -0.05) is 26.0 Å². The molecule has 0 bridgehead atoms. The fraction of sp³-hybridized carbons (Fsp3) is 0.500. The van der Waals surface area contributed by atoms with Crippen LogP contribution in [-0.2, 0) is 9.53 Å². The highest BCUT2D eigenvalue weighted by atomic mass is 16.5. The third-order valence-electron chi connectivity index (χ3n) is 4.07. The molecule has 0 aromatic heterocycles. The maximum Gasteiger partial charge on any atom is 0.305 e. The first-order valence-corrected chi connectivity index (χ1v) is 7.98. The fourth-order valence-electron chi connectivity index (χ4n) is 2.44. The Kier molecular flexibility index (Phi) is 5.90. The Balaban J connectivity index is 1.87. The lowest BCUT2D eigenvalue weighted by molar-refractivity contribution is -0.141. The Labute approximate surface area is 138 Å². The Morgan fingerprint density at radius 1 is 1.26 bits per heavy atom. The van der Waals surface area contributed by atoms with E-state index in [0.717, 1.165) is 36.5 Å². The van der Waals surface area contributed by atoms with E-state index in [1.54, 1.807) is 0 Å². The highest BCUT2D eigenvalue weighted by molar-refractivity contribution is 5.70. The van der Waals surface area contributed by atoms with Crippen LogP contribution in [0.2, 0.25) is 0 Å². The molecule has 0 saturated heterocycles. The molecule has 5 nitrogen and oxygen atoms in total. The summed E-state index contributed by atoms with van der Waals surface area (Å²) in [4.78, 5) is 11.3. The van der Waals surface area contributed by atoms with Gasteiger partial charge in [0.2, 0.25) is 0 Å². The van der Waals surface area contributed by atoms with Crippen LogP contribution in [0, 0.1) is 5.41 Å². The van der Waals surface area contributed by atoms with Gasteiger partial charge in [0.25, 0.3) is 0 Å². The average molecular weight is 318 g/mol. The number of methoxy groups -OCH3 is 1. The van der Waals surface area contributed by atoms with Gasteiger partial charge in [0.15, 0.2) is 0 Å². The van der Waals surface area contributed by atoms with Crippen molar-refractivity contribution in [1.29, 1.82) is 0 Å². The van der Waals surface area contributed by atoms with Gasteiger partial charge in [-0.2, -0.15) is 0 Å². The van der Waals surface area contributed by atoms with E-state index in [-0.39, 0.29) is 11.4 Å². The molecular weight excluding hydrogens is 292 g/mol. The second-order valence-electron chi connectivity index (χ2n) is 6.45. The molecule has 0 fully saturated rings. The van der Waals surface area contributed by atoms with Crippen molar-refractivity contribution in [3.63, 3.8) is 0 Å². The summed E-state index contributed by atoms with van der Waals surface area (Å²) >= 11 is 0. The smallest absolute Gasteiger partial charge is 0.305 e. The van der Waals surface area contributed by atoms with E-state index in [4.69, 9.17) is 9.47 Å².